The van der Waals surface area contributed by atoms with Gasteiger partial charge in [-0.1, -0.05) is 30.3 Å². The minimum absolute atomic E-state index is 0.140. The molecule has 25 heavy (non-hydrogen) atoms. The highest BCUT2D eigenvalue weighted by molar-refractivity contribution is 5.89. The lowest BCUT2D eigenvalue weighted by Crippen LogP contribution is -2.30. The first-order chi connectivity index (χ1) is 12.3. The number of hydrogen-bond donors (Lipinski definition) is 2. The molecular weight excluding hydrogens is 312 g/mol. The molecule has 0 saturated heterocycles. The lowest BCUT2D eigenvalue weighted by Gasteiger charge is -2.31. The predicted octanol–water partition coefficient (Wildman–Crippen LogP) is 4.01. The molecule has 1 aliphatic heterocycles. The zero-order valence-electron chi connectivity index (χ0n) is 14.5. The first-order valence-electron chi connectivity index (χ1n) is 8.86. The maximum atomic E-state index is 10.7. The number of aromatic nitrogens is 1. The molecule has 0 bridgehead atoms. The van der Waals surface area contributed by atoms with Crippen LogP contribution in [0, 0.1) is 0 Å². The third-order valence-electron chi connectivity index (χ3n) is 5.21. The van der Waals surface area contributed by atoms with Gasteiger partial charge in [-0.3, -0.25) is 4.90 Å². The van der Waals surface area contributed by atoms with Crippen LogP contribution in [-0.2, 0) is 17.7 Å². The summed E-state index contributed by atoms with van der Waals surface area (Å²) in [6.07, 6.45) is 3.93. The Morgan fingerprint density at radius 2 is 2.04 bits per heavy atom. The third-order valence-corrected chi connectivity index (χ3v) is 5.21. The lowest BCUT2D eigenvalue weighted by molar-refractivity contribution is 0.126. The van der Waals surface area contributed by atoms with E-state index >= 15 is 0 Å². The maximum absolute atomic E-state index is 10.7. The number of nitrogens with zero attached hydrogens (tertiary/aromatic N) is 1. The van der Waals surface area contributed by atoms with Crippen molar-refractivity contribution in [3.63, 3.8) is 0 Å². The number of hydrogen-bond acceptors (Lipinski definition) is 3. The molecule has 1 unspecified atom stereocenters. The quantitative estimate of drug-likeness (QED) is 0.740. The topological polar surface area (TPSA) is 48.5 Å². The second-order valence-corrected chi connectivity index (χ2v) is 6.74. The van der Waals surface area contributed by atoms with Crippen LogP contribution in [0.1, 0.15) is 29.2 Å². The molecule has 2 heterocycles. The molecular formula is C21H24N2O2. The largest absolute Gasteiger partial charge is 0.508 e. The molecule has 4 nitrogen and oxygen atoms in total. The van der Waals surface area contributed by atoms with Crippen LogP contribution in [0.25, 0.3) is 10.9 Å². The van der Waals surface area contributed by atoms with E-state index in [1.165, 1.54) is 16.5 Å². The van der Waals surface area contributed by atoms with Gasteiger partial charge in [-0.05, 0) is 36.1 Å². The van der Waals surface area contributed by atoms with Crippen LogP contribution in [-0.4, -0.2) is 35.3 Å². The molecule has 2 aromatic carbocycles. The average molecular weight is 336 g/mol. The van der Waals surface area contributed by atoms with E-state index in [2.05, 4.69) is 40.3 Å². The van der Waals surface area contributed by atoms with Gasteiger partial charge in [0.2, 0.25) is 0 Å². The summed E-state index contributed by atoms with van der Waals surface area (Å²) in [7, 11) is 1.74. The molecule has 0 radical (unpaired) electrons. The molecule has 130 valence electrons. The van der Waals surface area contributed by atoms with Gasteiger partial charge in [0, 0.05) is 55.5 Å². The zero-order chi connectivity index (χ0) is 17.2. The Kier molecular flexibility index (Phi) is 4.47. The van der Waals surface area contributed by atoms with E-state index in [1.807, 2.05) is 18.2 Å². The van der Waals surface area contributed by atoms with E-state index in [-0.39, 0.29) is 6.04 Å². The normalized spacial score (nSPS) is 17.7. The smallest absolute Gasteiger partial charge is 0.121 e. The fraction of sp³-hybridized carbons (Fsp3) is 0.333. The minimum atomic E-state index is 0.140. The number of phenols is 1. The number of aromatic amines is 1. The third kappa shape index (κ3) is 3.03. The number of methoxy groups -OCH3 is 1. The fourth-order valence-electron chi connectivity index (χ4n) is 4.01. The van der Waals surface area contributed by atoms with Gasteiger partial charge >= 0.3 is 0 Å². The maximum Gasteiger partial charge on any atom is 0.121 e. The van der Waals surface area contributed by atoms with Gasteiger partial charge in [-0.15, -0.1) is 0 Å². The van der Waals surface area contributed by atoms with Crippen molar-refractivity contribution >= 4 is 10.9 Å². The van der Waals surface area contributed by atoms with Gasteiger partial charge in [-0.25, -0.2) is 0 Å². The summed E-state index contributed by atoms with van der Waals surface area (Å²) >= 11 is 0. The molecule has 1 aliphatic rings. The predicted molar refractivity (Wildman–Crippen MR) is 99.8 cm³/mol. The molecule has 0 saturated carbocycles. The van der Waals surface area contributed by atoms with Gasteiger partial charge in [0.1, 0.15) is 5.75 Å². The van der Waals surface area contributed by atoms with Gasteiger partial charge in [-0.2, -0.15) is 0 Å². The second-order valence-electron chi connectivity index (χ2n) is 6.74. The van der Waals surface area contributed by atoms with Crippen molar-refractivity contribution < 1.29 is 9.84 Å². The van der Waals surface area contributed by atoms with Crippen molar-refractivity contribution in [3.8, 4) is 5.75 Å². The SMILES string of the molecule is COCCC1c2c(O)ccc3[nH]cc(c23)CCN1Cc1ccccc1. The highest BCUT2D eigenvalue weighted by Gasteiger charge is 2.29. The first-order valence-corrected chi connectivity index (χ1v) is 8.86. The molecule has 3 aromatic rings. The van der Waals surface area contributed by atoms with Gasteiger partial charge in [0.05, 0.1) is 0 Å². The summed E-state index contributed by atoms with van der Waals surface area (Å²) in [5, 5.41) is 11.9. The Morgan fingerprint density at radius 1 is 1.20 bits per heavy atom. The summed E-state index contributed by atoms with van der Waals surface area (Å²) in [5.41, 5.74) is 4.73. The van der Waals surface area contributed by atoms with Crippen molar-refractivity contribution in [2.75, 3.05) is 20.3 Å². The summed E-state index contributed by atoms with van der Waals surface area (Å²) in [5.74, 6) is 0.384. The second kappa shape index (κ2) is 6.90. The number of benzene rings is 2. The molecule has 2 N–H and O–H groups in total. The number of phenolic OH excluding ortho intramolecular Hbond substituents is 1. The van der Waals surface area contributed by atoms with Crippen molar-refractivity contribution in [3.05, 3.63) is 65.4 Å². The number of nitrogens with one attached hydrogen (secondary N) is 1. The number of rotatable bonds is 5. The van der Waals surface area contributed by atoms with E-state index in [4.69, 9.17) is 4.74 Å². The van der Waals surface area contributed by atoms with Crippen LogP contribution in [0.15, 0.2) is 48.7 Å². The van der Waals surface area contributed by atoms with Gasteiger partial charge in [0.15, 0.2) is 0 Å². The van der Waals surface area contributed by atoms with E-state index in [9.17, 15) is 5.11 Å². The van der Waals surface area contributed by atoms with Crippen molar-refractivity contribution in [2.24, 2.45) is 0 Å². The molecule has 0 amide bonds. The standard InChI is InChI=1S/C21H24N2O2/c1-25-12-10-18-21-19(24)8-7-17-20(21)16(13-22-17)9-11-23(18)14-15-5-3-2-4-6-15/h2-8,13,18,22,24H,9-12,14H2,1H3. The molecule has 0 spiro atoms. The zero-order valence-corrected chi connectivity index (χ0v) is 14.5. The Bertz CT molecular complexity index is 857. The molecule has 4 rings (SSSR count). The van der Waals surface area contributed by atoms with Gasteiger partial charge in [0.25, 0.3) is 0 Å². The Hall–Kier alpha value is -2.30. The highest BCUT2D eigenvalue weighted by atomic mass is 16.5. The summed E-state index contributed by atoms with van der Waals surface area (Å²) < 4.78 is 5.37. The van der Waals surface area contributed by atoms with Crippen LogP contribution in [0.5, 0.6) is 5.75 Å². The lowest BCUT2D eigenvalue weighted by atomic mass is 9.96. The molecule has 0 aliphatic carbocycles. The van der Waals surface area contributed by atoms with Crippen LogP contribution in [0.4, 0.5) is 0 Å². The molecule has 0 fully saturated rings. The molecule has 1 aromatic heterocycles. The fourth-order valence-corrected chi connectivity index (χ4v) is 4.01. The molecule has 1 atom stereocenters. The van der Waals surface area contributed by atoms with E-state index in [0.717, 1.165) is 37.0 Å². The summed E-state index contributed by atoms with van der Waals surface area (Å²) in [4.78, 5) is 5.83. The molecule has 4 heteroatoms. The van der Waals surface area contributed by atoms with E-state index in [1.54, 1.807) is 7.11 Å². The average Bonchev–Trinajstić information content (AvgIpc) is 2.97. The van der Waals surface area contributed by atoms with Crippen LogP contribution < -0.4 is 0 Å². The number of aromatic hydroxyl groups is 1. The first kappa shape index (κ1) is 16.2. The highest BCUT2D eigenvalue weighted by Crippen LogP contribution is 2.41. The summed E-state index contributed by atoms with van der Waals surface area (Å²) in [6.45, 7) is 2.51. The Labute approximate surface area is 148 Å². The number of ether oxygens (including phenoxy) is 1. The van der Waals surface area contributed by atoms with Crippen molar-refractivity contribution in [2.45, 2.75) is 25.4 Å². The van der Waals surface area contributed by atoms with Crippen molar-refractivity contribution in [1.29, 1.82) is 0 Å². The summed E-state index contributed by atoms with van der Waals surface area (Å²) in [6, 6.07) is 14.5. The minimum Gasteiger partial charge on any atom is -0.508 e. The van der Waals surface area contributed by atoms with Crippen LogP contribution in [0.2, 0.25) is 0 Å². The van der Waals surface area contributed by atoms with E-state index < -0.39 is 0 Å². The Morgan fingerprint density at radius 3 is 2.84 bits per heavy atom. The number of H-pyrrole nitrogens is 1. The van der Waals surface area contributed by atoms with Crippen molar-refractivity contribution in [1.82, 2.24) is 9.88 Å². The van der Waals surface area contributed by atoms with Gasteiger partial charge < -0.3 is 14.8 Å². The van der Waals surface area contributed by atoms with Crippen LogP contribution in [0.3, 0.4) is 0 Å². The Balaban J connectivity index is 1.78. The monoisotopic (exact) mass is 336 g/mol. The van der Waals surface area contributed by atoms with Crippen LogP contribution >= 0.6 is 0 Å². The van der Waals surface area contributed by atoms with E-state index in [0.29, 0.717) is 12.4 Å².